The molecule has 0 radical (unpaired) electrons. The Labute approximate surface area is 158 Å². The van der Waals surface area contributed by atoms with E-state index in [9.17, 15) is 9.59 Å². The normalized spacial score (nSPS) is 35.2. The van der Waals surface area contributed by atoms with Crippen LogP contribution in [0.15, 0.2) is 6.07 Å². The number of hydrogen-bond acceptors (Lipinski definition) is 4. The summed E-state index contributed by atoms with van der Waals surface area (Å²) in [5, 5.41) is 3.31. The average molecular weight is 374 g/mol. The van der Waals surface area contributed by atoms with E-state index in [1.807, 2.05) is 6.07 Å². The smallest absolute Gasteiger partial charge is 0.349 e. The van der Waals surface area contributed by atoms with Crippen molar-refractivity contribution in [3.8, 4) is 0 Å². The molecule has 0 spiro atoms. The predicted molar refractivity (Wildman–Crippen MR) is 100 cm³/mol. The topological polar surface area (TPSA) is 55.4 Å². The molecule has 0 unspecified atom stereocenters. The quantitative estimate of drug-likeness (QED) is 0.815. The number of carbonyl (C=O) groups is 2. The van der Waals surface area contributed by atoms with E-state index in [2.05, 4.69) is 5.32 Å². The fourth-order valence-electron chi connectivity index (χ4n) is 6.33. The molecule has 4 saturated carbocycles. The largest absolute Gasteiger partial charge is 0.448 e. The van der Waals surface area contributed by atoms with E-state index in [0.717, 1.165) is 49.9 Å². The first-order valence-corrected chi connectivity index (χ1v) is 11.0. The highest BCUT2D eigenvalue weighted by Crippen LogP contribution is 2.55. The molecule has 1 aromatic rings. The number of esters is 1. The molecular formula is C21H27NO3S. The lowest BCUT2D eigenvalue weighted by atomic mass is 9.53. The summed E-state index contributed by atoms with van der Waals surface area (Å²) in [5.74, 6) is 1.88. The monoisotopic (exact) mass is 373 g/mol. The number of rotatable bonds is 4. The zero-order valence-corrected chi connectivity index (χ0v) is 16.2. The highest BCUT2D eigenvalue weighted by Gasteiger charge is 2.51. The maximum Gasteiger partial charge on any atom is 0.349 e. The molecule has 140 valence electrons. The summed E-state index contributed by atoms with van der Waals surface area (Å²) in [4.78, 5) is 27.1. The van der Waals surface area contributed by atoms with Gasteiger partial charge in [0.2, 0.25) is 0 Å². The minimum Gasteiger partial charge on any atom is -0.448 e. The van der Waals surface area contributed by atoms with Gasteiger partial charge >= 0.3 is 5.97 Å². The van der Waals surface area contributed by atoms with Crippen molar-refractivity contribution in [1.29, 1.82) is 0 Å². The van der Waals surface area contributed by atoms with E-state index < -0.39 is 6.10 Å². The Bertz CT molecular complexity index is 696. The lowest BCUT2D eigenvalue weighted by Gasteiger charge is -2.57. The summed E-state index contributed by atoms with van der Waals surface area (Å²) >= 11 is 1.53. The summed E-state index contributed by atoms with van der Waals surface area (Å²) in [5.41, 5.74) is 1.25. The van der Waals surface area contributed by atoms with Crippen LogP contribution in [0.1, 0.15) is 72.0 Å². The number of carbonyl (C=O) groups excluding carboxylic acids is 2. The number of thiophene rings is 1. The number of nitrogens with one attached hydrogen (secondary N) is 1. The predicted octanol–water partition coefficient (Wildman–Crippen LogP) is 3.87. The van der Waals surface area contributed by atoms with Crippen molar-refractivity contribution in [3.63, 3.8) is 0 Å². The van der Waals surface area contributed by atoms with Gasteiger partial charge in [-0.05, 0) is 94.1 Å². The van der Waals surface area contributed by atoms with E-state index in [1.54, 1.807) is 6.92 Å². The molecule has 1 atom stereocenters. The molecule has 0 saturated heterocycles. The second-order valence-corrected chi connectivity index (χ2v) is 10.3. The zero-order valence-electron chi connectivity index (χ0n) is 15.4. The highest BCUT2D eigenvalue weighted by atomic mass is 32.1. The maximum atomic E-state index is 12.7. The second-order valence-electron chi connectivity index (χ2n) is 9.15. The molecule has 4 bridgehead atoms. The van der Waals surface area contributed by atoms with E-state index >= 15 is 0 Å². The molecular weight excluding hydrogens is 346 g/mol. The summed E-state index contributed by atoms with van der Waals surface area (Å²) in [7, 11) is 0. The van der Waals surface area contributed by atoms with Crippen LogP contribution < -0.4 is 5.32 Å². The van der Waals surface area contributed by atoms with Crippen LogP contribution in [0.25, 0.3) is 0 Å². The van der Waals surface area contributed by atoms with Gasteiger partial charge < -0.3 is 10.1 Å². The molecule has 5 aliphatic carbocycles. The van der Waals surface area contributed by atoms with E-state index in [0.29, 0.717) is 4.88 Å². The van der Waals surface area contributed by atoms with Crippen molar-refractivity contribution in [2.45, 2.75) is 76.4 Å². The maximum absolute atomic E-state index is 12.7. The second kappa shape index (κ2) is 6.08. The van der Waals surface area contributed by atoms with Crippen LogP contribution in [0, 0.1) is 17.8 Å². The third-order valence-electron chi connectivity index (χ3n) is 7.03. The molecule has 1 aromatic heterocycles. The Morgan fingerprint density at radius 2 is 1.81 bits per heavy atom. The Kier molecular flexibility index (Phi) is 3.93. The van der Waals surface area contributed by atoms with Crippen LogP contribution in [0.2, 0.25) is 0 Å². The van der Waals surface area contributed by atoms with Gasteiger partial charge in [-0.3, -0.25) is 4.79 Å². The molecule has 1 N–H and O–H groups in total. The van der Waals surface area contributed by atoms with Crippen molar-refractivity contribution in [3.05, 3.63) is 21.4 Å². The Balaban J connectivity index is 1.22. The summed E-state index contributed by atoms with van der Waals surface area (Å²) in [6, 6.07) is 1.96. The Morgan fingerprint density at radius 1 is 1.15 bits per heavy atom. The standard InChI is InChI=1S/C21H27NO3S/c1-12(25-20(24)18-8-16-3-2-4-17(16)26-18)19(23)22-21-9-13-5-14(10-21)7-15(6-13)11-21/h8,12-15H,2-7,9-11H2,1H3,(H,22,23)/t12-,13?,14?,15?,21?/m1/s1. The molecule has 1 amide bonds. The first-order chi connectivity index (χ1) is 12.5. The molecule has 4 nitrogen and oxygen atoms in total. The summed E-state index contributed by atoms with van der Waals surface area (Å²) in [6.07, 6.45) is 9.97. The SMILES string of the molecule is C[C@@H](OC(=O)c1cc2c(s1)CCC2)C(=O)NC12CC3CC(CC(C3)C1)C2. The van der Waals surface area contributed by atoms with Crippen molar-refractivity contribution in [1.82, 2.24) is 5.32 Å². The van der Waals surface area contributed by atoms with Gasteiger partial charge in [-0.2, -0.15) is 0 Å². The van der Waals surface area contributed by atoms with Gasteiger partial charge in [-0.1, -0.05) is 0 Å². The van der Waals surface area contributed by atoms with Gasteiger partial charge in [0.05, 0.1) is 0 Å². The Morgan fingerprint density at radius 3 is 2.42 bits per heavy atom. The number of amides is 1. The number of aryl methyl sites for hydroxylation is 2. The summed E-state index contributed by atoms with van der Waals surface area (Å²) in [6.45, 7) is 1.70. The van der Waals surface area contributed by atoms with Gasteiger partial charge in [-0.15, -0.1) is 11.3 Å². The highest BCUT2D eigenvalue weighted by molar-refractivity contribution is 7.14. The first kappa shape index (κ1) is 16.8. The molecule has 0 aliphatic heterocycles. The van der Waals surface area contributed by atoms with Crippen molar-refractivity contribution in [2.75, 3.05) is 0 Å². The van der Waals surface area contributed by atoms with Gasteiger partial charge in [0.1, 0.15) is 4.88 Å². The van der Waals surface area contributed by atoms with Crippen LogP contribution in [0.5, 0.6) is 0 Å². The molecule has 26 heavy (non-hydrogen) atoms. The van der Waals surface area contributed by atoms with Crippen molar-refractivity contribution in [2.24, 2.45) is 17.8 Å². The Hall–Kier alpha value is -1.36. The molecule has 5 aliphatic rings. The first-order valence-electron chi connectivity index (χ1n) is 10.1. The van der Waals surface area contributed by atoms with Crippen LogP contribution in [0.3, 0.4) is 0 Å². The molecule has 0 aromatic carbocycles. The van der Waals surface area contributed by atoms with Gasteiger partial charge in [0.15, 0.2) is 6.10 Å². The van der Waals surface area contributed by atoms with Crippen LogP contribution in [-0.4, -0.2) is 23.5 Å². The molecule has 5 heteroatoms. The van der Waals surface area contributed by atoms with Crippen LogP contribution in [0.4, 0.5) is 0 Å². The zero-order chi connectivity index (χ0) is 17.9. The van der Waals surface area contributed by atoms with Crippen molar-refractivity contribution >= 4 is 23.2 Å². The number of ether oxygens (including phenoxy) is 1. The molecule has 4 fully saturated rings. The molecule has 1 heterocycles. The lowest BCUT2D eigenvalue weighted by molar-refractivity contribution is -0.134. The minimum atomic E-state index is -0.729. The van der Waals surface area contributed by atoms with Gasteiger partial charge in [-0.25, -0.2) is 4.79 Å². The van der Waals surface area contributed by atoms with E-state index in [1.165, 1.54) is 47.5 Å². The average Bonchev–Trinajstić information content (AvgIpc) is 3.14. The van der Waals surface area contributed by atoms with Gasteiger partial charge in [0, 0.05) is 10.4 Å². The lowest BCUT2D eigenvalue weighted by Crippen LogP contribution is -2.61. The molecule has 6 rings (SSSR count). The number of hydrogen-bond donors (Lipinski definition) is 1. The fraction of sp³-hybridized carbons (Fsp3) is 0.714. The van der Waals surface area contributed by atoms with Crippen LogP contribution >= 0.6 is 11.3 Å². The summed E-state index contributed by atoms with van der Waals surface area (Å²) < 4.78 is 5.51. The third kappa shape index (κ3) is 2.88. The third-order valence-corrected chi connectivity index (χ3v) is 8.24. The van der Waals surface area contributed by atoms with E-state index in [4.69, 9.17) is 4.74 Å². The van der Waals surface area contributed by atoms with E-state index in [-0.39, 0.29) is 17.4 Å². The van der Waals surface area contributed by atoms with Crippen LogP contribution in [-0.2, 0) is 22.4 Å². The number of fused-ring (bicyclic) bond motifs is 1. The van der Waals surface area contributed by atoms with Crippen molar-refractivity contribution < 1.29 is 14.3 Å². The fourth-order valence-corrected chi connectivity index (χ4v) is 7.47. The van der Waals surface area contributed by atoms with Gasteiger partial charge in [0.25, 0.3) is 5.91 Å². The minimum absolute atomic E-state index is 0.0311.